The van der Waals surface area contributed by atoms with Crippen LogP contribution in [-0.2, 0) is 16.1 Å². The Morgan fingerprint density at radius 2 is 1.82 bits per heavy atom. The summed E-state index contributed by atoms with van der Waals surface area (Å²) in [6.45, 7) is 6.38. The fraction of sp³-hybridized carbons (Fsp3) is 0.519. The number of hydrogen-bond donors (Lipinski definition) is 1. The van der Waals surface area contributed by atoms with Gasteiger partial charge in [-0.2, -0.15) is 0 Å². The van der Waals surface area contributed by atoms with Crippen molar-refractivity contribution in [2.24, 2.45) is 5.92 Å². The van der Waals surface area contributed by atoms with E-state index >= 15 is 0 Å². The molecule has 4 rings (SSSR count). The number of amides is 1. The highest BCUT2D eigenvalue weighted by Crippen LogP contribution is 2.32. The quantitative estimate of drug-likeness (QED) is 0.612. The van der Waals surface area contributed by atoms with Crippen molar-refractivity contribution in [1.29, 1.82) is 0 Å². The lowest BCUT2D eigenvalue weighted by Gasteiger charge is -2.36. The number of nitrogens with zero attached hydrogens (tertiary/aromatic N) is 2. The minimum atomic E-state index is 0.0215. The highest BCUT2D eigenvalue weighted by molar-refractivity contribution is 5.79. The molecule has 0 radical (unpaired) electrons. The first-order valence-corrected chi connectivity index (χ1v) is 12.3. The van der Waals surface area contributed by atoms with Crippen molar-refractivity contribution in [3.05, 3.63) is 59.7 Å². The normalized spacial score (nSPS) is 20.5. The van der Waals surface area contributed by atoms with Gasteiger partial charge in [-0.05, 0) is 42.6 Å². The summed E-state index contributed by atoms with van der Waals surface area (Å²) in [5, 5.41) is 3.28. The zero-order chi connectivity index (χ0) is 23.8. The van der Waals surface area contributed by atoms with Gasteiger partial charge >= 0.3 is 0 Å². The molecule has 2 aromatic carbocycles. The number of benzene rings is 2. The first kappa shape index (κ1) is 24.5. The van der Waals surface area contributed by atoms with Crippen LogP contribution in [0.25, 0.3) is 0 Å². The average molecular weight is 468 g/mol. The van der Waals surface area contributed by atoms with E-state index in [1.54, 1.807) is 14.2 Å². The summed E-state index contributed by atoms with van der Waals surface area (Å²) < 4.78 is 16.5. The minimum Gasteiger partial charge on any atom is -0.493 e. The molecule has 184 valence electrons. The Balaban J connectivity index is 1.41. The molecule has 7 nitrogen and oxygen atoms in total. The van der Waals surface area contributed by atoms with E-state index < -0.39 is 0 Å². The van der Waals surface area contributed by atoms with Gasteiger partial charge in [0.15, 0.2) is 11.5 Å². The van der Waals surface area contributed by atoms with Crippen LogP contribution in [0.1, 0.15) is 30.0 Å². The number of piperidine rings is 1. The molecule has 2 aromatic rings. The second kappa shape index (κ2) is 12.2. The second-order valence-corrected chi connectivity index (χ2v) is 9.08. The van der Waals surface area contributed by atoms with Crippen LogP contribution in [0.3, 0.4) is 0 Å². The van der Waals surface area contributed by atoms with Crippen LogP contribution < -0.4 is 14.8 Å². The summed E-state index contributed by atoms with van der Waals surface area (Å²) in [4.78, 5) is 18.0. The first-order valence-electron chi connectivity index (χ1n) is 12.3. The monoisotopic (exact) mass is 467 g/mol. The van der Waals surface area contributed by atoms with E-state index in [0.717, 1.165) is 51.1 Å². The number of likely N-dealkylation sites (tertiary alicyclic amines) is 1. The number of nitrogens with one attached hydrogen (secondary N) is 1. The number of morpholine rings is 1. The molecule has 2 fully saturated rings. The number of ether oxygens (including phenoxy) is 3. The van der Waals surface area contributed by atoms with Crippen molar-refractivity contribution in [2.75, 3.05) is 60.2 Å². The zero-order valence-electron chi connectivity index (χ0n) is 20.4. The fourth-order valence-corrected chi connectivity index (χ4v) is 5.00. The summed E-state index contributed by atoms with van der Waals surface area (Å²) in [7, 11) is 3.29. The van der Waals surface area contributed by atoms with Gasteiger partial charge in [0.1, 0.15) is 0 Å². The maximum atomic E-state index is 13.2. The Kier molecular flexibility index (Phi) is 8.79. The third kappa shape index (κ3) is 6.29. The number of hydrogen-bond acceptors (Lipinski definition) is 6. The van der Waals surface area contributed by atoms with Gasteiger partial charge < -0.3 is 19.5 Å². The zero-order valence-corrected chi connectivity index (χ0v) is 20.4. The molecule has 2 saturated heterocycles. The van der Waals surface area contributed by atoms with Crippen molar-refractivity contribution in [1.82, 2.24) is 15.1 Å². The van der Waals surface area contributed by atoms with Gasteiger partial charge in [-0.1, -0.05) is 36.4 Å². The molecular weight excluding hydrogens is 430 g/mol. The van der Waals surface area contributed by atoms with Gasteiger partial charge in [-0.15, -0.1) is 0 Å². The Morgan fingerprint density at radius 1 is 1.06 bits per heavy atom. The molecule has 2 heterocycles. The molecule has 0 spiro atoms. The third-order valence-electron chi connectivity index (χ3n) is 6.87. The number of carbonyl (C=O) groups excluding carboxylic acids is 1. The van der Waals surface area contributed by atoms with Gasteiger partial charge in [-0.25, -0.2) is 0 Å². The lowest BCUT2D eigenvalue weighted by molar-refractivity contribution is -0.127. The Labute approximate surface area is 203 Å². The molecule has 0 bridgehead atoms. The Morgan fingerprint density at radius 3 is 2.56 bits per heavy atom. The Bertz CT molecular complexity index is 917. The van der Waals surface area contributed by atoms with Crippen molar-refractivity contribution in [3.63, 3.8) is 0 Å². The van der Waals surface area contributed by atoms with E-state index in [1.165, 1.54) is 5.56 Å². The predicted molar refractivity (Wildman–Crippen MR) is 132 cm³/mol. The van der Waals surface area contributed by atoms with Gasteiger partial charge in [0.2, 0.25) is 5.91 Å². The van der Waals surface area contributed by atoms with E-state index in [2.05, 4.69) is 45.4 Å². The lowest BCUT2D eigenvalue weighted by Crippen LogP contribution is -2.47. The number of rotatable bonds is 9. The van der Waals surface area contributed by atoms with Crippen LogP contribution in [-0.4, -0.2) is 75.9 Å². The van der Waals surface area contributed by atoms with E-state index in [0.29, 0.717) is 31.3 Å². The fourth-order valence-electron chi connectivity index (χ4n) is 5.00. The summed E-state index contributed by atoms with van der Waals surface area (Å²) in [5.74, 6) is 1.58. The number of carbonyl (C=O) groups is 1. The highest BCUT2D eigenvalue weighted by atomic mass is 16.5. The summed E-state index contributed by atoms with van der Waals surface area (Å²) in [5.41, 5.74) is 2.40. The summed E-state index contributed by atoms with van der Waals surface area (Å²) >= 11 is 0. The van der Waals surface area contributed by atoms with Crippen LogP contribution in [0.5, 0.6) is 11.5 Å². The Hall–Kier alpha value is -2.61. The van der Waals surface area contributed by atoms with Gasteiger partial charge in [-0.3, -0.25) is 14.6 Å². The standard InChI is InChI=1S/C27H37N3O4/c1-32-25-11-10-22(17-26(25)33-2)24(30-13-15-34-16-14-30)18-28-27(31)23-9-6-12-29(20-23)19-21-7-4-3-5-8-21/h3-5,7-8,10-11,17,23-24H,6,9,12-16,18-20H2,1-2H3,(H,28,31). The molecule has 2 aliphatic heterocycles. The van der Waals surface area contributed by atoms with Crippen LogP contribution in [0.2, 0.25) is 0 Å². The van der Waals surface area contributed by atoms with E-state index in [1.807, 2.05) is 18.2 Å². The average Bonchev–Trinajstić information content (AvgIpc) is 2.90. The van der Waals surface area contributed by atoms with E-state index in [9.17, 15) is 4.79 Å². The number of methoxy groups -OCH3 is 2. The van der Waals surface area contributed by atoms with E-state index in [-0.39, 0.29) is 17.9 Å². The predicted octanol–water partition coefficient (Wildman–Crippen LogP) is 3.11. The molecule has 2 atom stereocenters. The third-order valence-corrected chi connectivity index (χ3v) is 6.87. The second-order valence-electron chi connectivity index (χ2n) is 9.08. The van der Waals surface area contributed by atoms with Crippen molar-refractivity contribution in [2.45, 2.75) is 25.4 Å². The molecule has 2 aliphatic rings. The van der Waals surface area contributed by atoms with Crippen LogP contribution >= 0.6 is 0 Å². The largest absolute Gasteiger partial charge is 0.493 e. The minimum absolute atomic E-state index is 0.0215. The van der Waals surface area contributed by atoms with E-state index in [4.69, 9.17) is 14.2 Å². The van der Waals surface area contributed by atoms with Crippen molar-refractivity contribution >= 4 is 5.91 Å². The topological polar surface area (TPSA) is 63.3 Å². The molecule has 7 heteroatoms. The molecule has 0 saturated carbocycles. The lowest BCUT2D eigenvalue weighted by atomic mass is 9.96. The summed E-state index contributed by atoms with van der Waals surface area (Å²) in [6, 6.07) is 16.6. The van der Waals surface area contributed by atoms with Crippen LogP contribution in [0.15, 0.2) is 48.5 Å². The van der Waals surface area contributed by atoms with Crippen LogP contribution in [0.4, 0.5) is 0 Å². The van der Waals surface area contributed by atoms with Gasteiger partial charge in [0, 0.05) is 32.7 Å². The molecular formula is C27H37N3O4. The molecule has 0 aliphatic carbocycles. The molecule has 2 unspecified atom stereocenters. The van der Waals surface area contributed by atoms with Crippen molar-refractivity contribution in [3.8, 4) is 11.5 Å². The highest BCUT2D eigenvalue weighted by Gasteiger charge is 2.28. The van der Waals surface area contributed by atoms with Crippen molar-refractivity contribution < 1.29 is 19.0 Å². The smallest absolute Gasteiger partial charge is 0.224 e. The molecule has 0 aromatic heterocycles. The molecule has 1 N–H and O–H groups in total. The van der Waals surface area contributed by atoms with Crippen LogP contribution in [0, 0.1) is 5.92 Å². The van der Waals surface area contributed by atoms with Gasteiger partial charge in [0.05, 0.1) is 39.4 Å². The first-order chi connectivity index (χ1) is 16.7. The maximum absolute atomic E-state index is 13.2. The SMILES string of the molecule is COc1ccc(C(CNC(=O)C2CCCN(Cc3ccccc3)C2)N2CCOCC2)cc1OC. The molecule has 34 heavy (non-hydrogen) atoms. The summed E-state index contributed by atoms with van der Waals surface area (Å²) in [6.07, 6.45) is 1.99. The maximum Gasteiger partial charge on any atom is 0.224 e. The van der Waals surface area contributed by atoms with Gasteiger partial charge in [0.25, 0.3) is 0 Å². The molecule has 1 amide bonds.